The van der Waals surface area contributed by atoms with Crippen LogP contribution in [0.4, 0.5) is 22.7 Å². The monoisotopic (exact) mass is 1000 g/mol. The molecule has 0 saturated carbocycles. The smallest absolute Gasteiger partial charge is 0.310 e. The minimum absolute atomic E-state index is 0.0578. The highest BCUT2D eigenvalue weighted by Crippen LogP contribution is 2.67. The summed E-state index contributed by atoms with van der Waals surface area (Å²) in [6.45, 7) is 40.9. The lowest BCUT2D eigenvalue weighted by Crippen LogP contribution is -2.26. The summed E-state index contributed by atoms with van der Waals surface area (Å²) >= 11 is 0. The van der Waals surface area contributed by atoms with Crippen molar-refractivity contribution < 1.29 is 27.8 Å². The molecular weight excluding hydrogens is 921 g/mol. The lowest BCUT2D eigenvalue weighted by atomic mass is 10.3. The van der Waals surface area contributed by atoms with Crippen LogP contribution in [0.2, 0.25) is 45.8 Å². The number of para-hydroxylation sites is 4. The van der Waals surface area contributed by atoms with E-state index in [1.54, 1.807) is 13.0 Å². The van der Waals surface area contributed by atoms with Gasteiger partial charge in [0.25, 0.3) is 20.8 Å². The molecule has 6 rings (SSSR count). The first-order valence-electron chi connectivity index (χ1n) is 24.0. The van der Waals surface area contributed by atoms with Gasteiger partial charge in [0.2, 0.25) is 8.32 Å². The molecule has 0 unspecified atom stereocenters. The molecule has 0 N–H and O–H groups in total. The molecule has 0 atom stereocenters. The number of carbonyl (C=O) groups excluding carboxylic acids is 1. The second kappa shape index (κ2) is 27.4. The van der Waals surface area contributed by atoms with Crippen LogP contribution in [0.25, 0.3) is 0 Å². The summed E-state index contributed by atoms with van der Waals surface area (Å²) in [7, 11) is -8.96. The van der Waals surface area contributed by atoms with Crippen LogP contribution in [-0.4, -0.2) is 86.3 Å². The number of hydrogen-bond donors (Lipinski definition) is 0. The van der Waals surface area contributed by atoms with Crippen LogP contribution < -0.4 is 18.7 Å². The Morgan fingerprint density at radius 1 is 0.559 bits per heavy atom. The van der Waals surface area contributed by atoms with Crippen LogP contribution >= 0.6 is 14.9 Å². The number of hydrogen-bond acceptors (Lipinski definition) is 7. The van der Waals surface area contributed by atoms with Gasteiger partial charge in [0.15, 0.2) is 0 Å². The Morgan fingerprint density at radius 3 is 1.13 bits per heavy atom. The molecular formula is C53H81N5O6P2Si2. The minimum atomic E-state index is -3.23. The van der Waals surface area contributed by atoms with Crippen LogP contribution in [0.15, 0.2) is 157 Å². The SMILES string of the molecule is C=C(/C=C(\OCC)O[Si](C)(C)C)P1(=O)N(c2ccccc2)CCN1c1ccccc1.C=C(CC(=O)OCC)P1(=O)N(c2ccccc2)CCN1c1ccccc1.CCN(CC)CC.C[Si](C)(C)C. The van der Waals surface area contributed by atoms with Gasteiger partial charge >= 0.3 is 5.97 Å². The van der Waals surface area contributed by atoms with E-state index in [0.29, 0.717) is 56.0 Å². The molecule has 4 aromatic carbocycles. The number of esters is 1. The molecule has 0 spiro atoms. The molecule has 4 aromatic rings. The molecule has 2 aliphatic rings. The number of nitrogens with zero attached hydrogens (tertiary/aromatic N) is 5. The first-order chi connectivity index (χ1) is 32.2. The van der Waals surface area contributed by atoms with Crippen molar-refractivity contribution in [3.8, 4) is 0 Å². The fraction of sp³-hybridized carbons (Fsp3) is 0.415. The zero-order valence-electron chi connectivity index (χ0n) is 43.2. The third kappa shape index (κ3) is 17.0. The zero-order valence-corrected chi connectivity index (χ0v) is 47.0. The van der Waals surface area contributed by atoms with E-state index in [2.05, 4.69) is 84.7 Å². The van der Waals surface area contributed by atoms with Gasteiger partial charge in [0.05, 0.1) is 24.9 Å². The van der Waals surface area contributed by atoms with Crippen LogP contribution in [-0.2, 0) is 27.8 Å². The predicted molar refractivity (Wildman–Crippen MR) is 297 cm³/mol. The highest BCUT2D eigenvalue weighted by Gasteiger charge is 2.47. The van der Waals surface area contributed by atoms with E-state index < -0.39 is 37.2 Å². The normalized spacial score (nSPS) is 15.2. The van der Waals surface area contributed by atoms with Gasteiger partial charge in [-0.25, -0.2) is 0 Å². The molecule has 2 heterocycles. The van der Waals surface area contributed by atoms with E-state index >= 15 is 0 Å². The Kier molecular flexibility index (Phi) is 23.2. The molecule has 0 aliphatic carbocycles. The standard InChI is InChI=1S/C23H31N2O3PSi.C20H23N2O3P.C6H15N.C4H12Si/c1-6-27-23(28-30(3,4)5)19-20(2)29(26)24(21-13-9-7-10-14-21)17-18-25(29)22-15-11-8-12-16-22;1-3-25-20(23)16-17(2)26(24)21(18-10-6-4-7-11-18)14-15-22(26)19-12-8-5-9-13-19;1-4-7(5-2)6-3;1-5(2,3)4/h7-16,19H,2,6,17-18H2,1,3-5H3;4-13H,2-3,14-16H2,1H3;4-6H2,1-3H3;1-4H3/b23-19+;;;. The van der Waals surface area contributed by atoms with Gasteiger partial charge in [-0.3, -0.25) is 13.9 Å². The van der Waals surface area contributed by atoms with Crippen molar-refractivity contribution in [2.75, 3.05) is 77.7 Å². The minimum Gasteiger partial charge on any atom is -0.520 e. The summed E-state index contributed by atoms with van der Waals surface area (Å²) in [5.41, 5.74) is 3.55. The topological polar surface area (TPSA) is 95.1 Å². The number of carbonyl (C=O) groups is 1. The third-order valence-corrected chi connectivity index (χ3v) is 17.3. The molecule has 2 saturated heterocycles. The highest BCUT2D eigenvalue weighted by atomic mass is 31.2. The Hall–Kier alpha value is -4.78. The van der Waals surface area contributed by atoms with E-state index in [-0.39, 0.29) is 6.42 Å². The average Bonchev–Trinajstić information content (AvgIpc) is 3.85. The Labute approximate surface area is 412 Å². The van der Waals surface area contributed by atoms with Gasteiger partial charge in [0.1, 0.15) is 0 Å². The van der Waals surface area contributed by atoms with Crippen molar-refractivity contribution >= 4 is 60.0 Å². The van der Waals surface area contributed by atoms with Crippen molar-refractivity contribution in [2.45, 2.75) is 86.9 Å². The fourth-order valence-electron chi connectivity index (χ4n) is 7.29. The van der Waals surface area contributed by atoms with Gasteiger partial charge in [-0.15, -0.1) is 0 Å². The summed E-state index contributed by atoms with van der Waals surface area (Å²) in [5, 5.41) is 0.885. The number of ether oxygens (including phenoxy) is 2. The average molecular weight is 1000 g/mol. The van der Waals surface area contributed by atoms with Gasteiger partial charge in [-0.05, 0) is 102 Å². The number of benzene rings is 4. The summed E-state index contributed by atoms with van der Waals surface area (Å²) in [5.74, 6) is -0.00883. The van der Waals surface area contributed by atoms with Crippen molar-refractivity contribution in [3.05, 3.63) is 157 Å². The molecule has 2 fully saturated rings. The summed E-state index contributed by atoms with van der Waals surface area (Å²) in [6.07, 6.45) is 1.66. The quantitative estimate of drug-likeness (QED) is 0.0333. The first-order valence-corrected chi connectivity index (χ1v) is 34.6. The maximum absolute atomic E-state index is 14.7. The summed E-state index contributed by atoms with van der Waals surface area (Å²) in [4.78, 5) is 14.4. The third-order valence-electron chi connectivity index (χ3n) is 10.3. The maximum atomic E-state index is 14.7. The Bertz CT molecular complexity index is 2160. The van der Waals surface area contributed by atoms with E-state index in [0.717, 1.165) is 22.7 Å². The van der Waals surface area contributed by atoms with Gasteiger partial charge in [0, 0.05) is 68.4 Å². The van der Waals surface area contributed by atoms with Crippen LogP contribution in [0.5, 0.6) is 0 Å². The molecule has 0 bridgehead atoms. The van der Waals surface area contributed by atoms with Crippen molar-refractivity contribution in [1.82, 2.24) is 4.90 Å². The maximum Gasteiger partial charge on any atom is 0.310 e. The van der Waals surface area contributed by atoms with Gasteiger partial charge in [-0.1, -0.05) is 133 Å². The number of allylic oxidation sites excluding steroid dienone is 2. The van der Waals surface area contributed by atoms with Gasteiger partial charge in [-0.2, -0.15) is 0 Å². The predicted octanol–water partition coefficient (Wildman–Crippen LogP) is 14.4. The molecule has 372 valence electrons. The van der Waals surface area contributed by atoms with E-state index in [1.807, 2.05) is 147 Å². The van der Waals surface area contributed by atoms with Crippen LogP contribution in [0.1, 0.15) is 41.0 Å². The lowest BCUT2D eigenvalue weighted by Gasteiger charge is -2.33. The number of anilines is 4. The van der Waals surface area contributed by atoms with E-state index in [1.165, 1.54) is 19.6 Å². The largest absolute Gasteiger partial charge is 0.520 e. The Morgan fingerprint density at radius 2 is 0.868 bits per heavy atom. The van der Waals surface area contributed by atoms with E-state index in [4.69, 9.17) is 13.9 Å². The van der Waals surface area contributed by atoms with Crippen molar-refractivity contribution in [3.63, 3.8) is 0 Å². The van der Waals surface area contributed by atoms with Gasteiger partial charge < -0.3 is 37.5 Å². The Balaban J connectivity index is 0.000000292. The fourth-order valence-corrected chi connectivity index (χ4v) is 13.7. The van der Waals surface area contributed by atoms with Crippen LogP contribution in [0.3, 0.4) is 0 Å². The molecule has 2 aliphatic heterocycles. The number of rotatable bonds is 17. The summed E-state index contributed by atoms with van der Waals surface area (Å²) in [6, 6.07) is 38.9. The molecule has 0 aromatic heterocycles. The first kappa shape index (κ1) is 57.5. The highest BCUT2D eigenvalue weighted by molar-refractivity contribution is 7.72. The van der Waals surface area contributed by atoms with Crippen LogP contribution in [0, 0.1) is 0 Å². The van der Waals surface area contributed by atoms with E-state index in [9.17, 15) is 13.9 Å². The second-order valence-electron chi connectivity index (χ2n) is 18.7. The van der Waals surface area contributed by atoms with Crippen molar-refractivity contribution in [1.29, 1.82) is 0 Å². The second-order valence-corrected chi connectivity index (χ2v) is 34.4. The molecule has 0 amide bonds. The molecule has 0 radical (unpaired) electrons. The molecule has 11 nitrogen and oxygen atoms in total. The zero-order chi connectivity index (χ0) is 50.5. The molecule has 68 heavy (non-hydrogen) atoms. The molecule has 15 heteroatoms. The lowest BCUT2D eigenvalue weighted by molar-refractivity contribution is -0.142. The van der Waals surface area contributed by atoms with Crippen molar-refractivity contribution in [2.24, 2.45) is 0 Å². The summed E-state index contributed by atoms with van der Waals surface area (Å²) < 4.78 is 53.5.